The molecule has 23 heavy (non-hydrogen) atoms. The van der Waals surface area contributed by atoms with Crippen LogP contribution in [0.5, 0.6) is 0 Å². The van der Waals surface area contributed by atoms with Crippen LogP contribution in [0.2, 0.25) is 0 Å². The van der Waals surface area contributed by atoms with Crippen LogP contribution in [0.4, 0.5) is 0 Å². The van der Waals surface area contributed by atoms with E-state index < -0.39 is 5.60 Å². The number of aromatic nitrogens is 3. The molecular weight excluding hydrogens is 308 g/mol. The molecule has 1 atom stereocenters. The molecule has 0 aromatic carbocycles. The number of hydrogen-bond acceptors (Lipinski definition) is 5. The average molecular weight is 328 g/mol. The van der Waals surface area contributed by atoms with Gasteiger partial charge < -0.3 is 10.4 Å². The van der Waals surface area contributed by atoms with Crippen molar-refractivity contribution in [1.29, 1.82) is 0 Å². The molecule has 0 radical (unpaired) electrons. The second-order valence-electron chi connectivity index (χ2n) is 5.81. The summed E-state index contributed by atoms with van der Waals surface area (Å²) in [6.07, 6.45) is 5.56. The summed E-state index contributed by atoms with van der Waals surface area (Å²) in [7, 11) is 1.91. The van der Waals surface area contributed by atoms with Crippen molar-refractivity contribution in [1.82, 2.24) is 20.1 Å². The first-order valence-corrected chi connectivity index (χ1v) is 8.39. The normalized spacial score (nSPS) is 13.9. The second kappa shape index (κ2) is 6.62. The lowest BCUT2D eigenvalue weighted by molar-refractivity contribution is 0.0571. The lowest BCUT2D eigenvalue weighted by Crippen LogP contribution is -2.34. The molecule has 0 aliphatic heterocycles. The van der Waals surface area contributed by atoms with Crippen molar-refractivity contribution in [2.24, 2.45) is 7.05 Å². The number of nitrogens with zero attached hydrogens (tertiary/aromatic N) is 3. The zero-order valence-electron chi connectivity index (χ0n) is 13.2. The third kappa shape index (κ3) is 3.67. The largest absolute Gasteiger partial charge is 0.384 e. The van der Waals surface area contributed by atoms with Crippen LogP contribution in [0, 0.1) is 0 Å². The molecule has 2 N–H and O–H groups in total. The molecule has 3 rings (SSSR count). The molecule has 3 aromatic rings. The van der Waals surface area contributed by atoms with Crippen LogP contribution in [0.3, 0.4) is 0 Å². The highest BCUT2D eigenvalue weighted by Gasteiger charge is 2.23. The van der Waals surface area contributed by atoms with Gasteiger partial charge >= 0.3 is 0 Å². The molecule has 6 heteroatoms. The van der Waals surface area contributed by atoms with Gasteiger partial charge in [-0.1, -0.05) is 0 Å². The first kappa shape index (κ1) is 15.9. The maximum absolute atomic E-state index is 10.6. The van der Waals surface area contributed by atoms with Gasteiger partial charge in [0.05, 0.1) is 11.3 Å². The van der Waals surface area contributed by atoms with Crippen LogP contribution in [0.1, 0.15) is 18.1 Å². The maximum Gasteiger partial charge on any atom is 0.1000 e. The van der Waals surface area contributed by atoms with Crippen LogP contribution < -0.4 is 5.32 Å². The van der Waals surface area contributed by atoms with Gasteiger partial charge in [0, 0.05) is 49.9 Å². The summed E-state index contributed by atoms with van der Waals surface area (Å²) in [5, 5.41) is 22.4. The van der Waals surface area contributed by atoms with E-state index in [-0.39, 0.29) is 0 Å². The Kier molecular flexibility index (Phi) is 4.56. The Labute approximate surface area is 139 Å². The first-order valence-electron chi connectivity index (χ1n) is 7.45. The van der Waals surface area contributed by atoms with E-state index in [0.29, 0.717) is 13.1 Å². The Balaban J connectivity index is 1.70. The molecule has 0 aliphatic rings. The Morgan fingerprint density at radius 1 is 1.39 bits per heavy atom. The number of rotatable bonds is 6. The molecule has 120 valence electrons. The highest BCUT2D eigenvalue weighted by atomic mass is 32.1. The van der Waals surface area contributed by atoms with Gasteiger partial charge in [-0.3, -0.25) is 9.67 Å². The van der Waals surface area contributed by atoms with Crippen molar-refractivity contribution >= 4 is 11.3 Å². The quantitative estimate of drug-likeness (QED) is 0.730. The Morgan fingerprint density at radius 2 is 2.26 bits per heavy atom. The van der Waals surface area contributed by atoms with Crippen LogP contribution in [0.25, 0.3) is 11.3 Å². The third-order valence-electron chi connectivity index (χ3n) is 3.77. The third-order valence-corrected chi connectivity index (χ3v) is 4.45. The van der Waals surface area contributed by atoms with E-state index in [1.165, 1.54) is 0 Å². The first-order chi connectivity index (χ1) is 11.1. The molecule has 1 unspecified atom stereocenters. The summed E-state index contributed by atoms with van der Waals surface area (Å²) < 4.78 is 1.80. The van der Waals surface area contributed by atoms with Crippen LogP contribution in [-0.4, -0.2) is 26.4 Å². The van der Waals surface area contributed by atoms with Crippen LogP contribution >= 0.6 is 11.3 Å². The molecule has 0 saturated heterocycles. The van der Waals surface area contributed by atoms with Crippen molar-refractivity contribution in [3.8, 4) is 11.3 Å². The van der Waals surface area contributed by atoms with Gasteiger partial charge in [-0.05, 0) is 41.4 Å². The van der Waals surface area contributed by atoms with Crippen molar-refractivity contribution < 1.29 is 5.11 Å². The summed E-state index contributed by atoms with van der Waals surface area (Å²) in [5.41, 5.74) is 3.06. The Bertz CT molecular complexity index is 750. The molecule has 0 bridgehead atoms. The number of thiophene rings is 1. The lowest BCUT2D eigenvalue weighted by atomic mass is 9.99. The molecule has 0 fully saturated rings. The predicted octanol–water partition coefficient (Wildman–Crippen LogP) is 2.54. The zero-order valence-corrected chi connectivity index (χ0v) is 14.0. The summed E-state index contributed by atoms with van der Waals surface area (Å²) in [4.78, 5) is 4.16. The number of aryl methyl sites for hydroxylation is 1. The van der Waals surface area contributed by atoms with Gasteiger partial charge in [0.2, 0.25) is 0 Å². The monoisotopic (exact) mass is 328 g/mol. The molecule has 3 heterocycles. The van der Waals surface area contributed by atoms with Crippen molar-refractivity contribution in [3.05, 3.63) is 58.7 Å². The predicted molar refractivity (Wildman–Crippen MR) is 92.0 cm³/mol. The molecule has 0 aliphatic carbocycles. The van der Waals surface area contributed by atoms with E-state index >= 15 is 0 Å². The average Bonchev–Trinajstić information content (AvgIpc) is 3.18. The fraction of sp³-hybridized carbons (Fsp3) is 0.294. The second-order valence-corrected chi connectivity index (χ2v) is 6.59. The Morgan fingerprint density at radius 3 is 2.96 bits per heavy atom. The van der Waals surface area contributed by atoms with Crippen LogP contribution in [0.15, 0.2) is 47.5 Å². The van der Waals surface area contributed by atoms with Crippen molar-refractivity contribution in [3.63, 3.8) is 0 Å². The van der Waals surface area contributed by atoms with E-state index in [0.717, 1.165) is 22.4 Å². The summed E-state index contributed by atoms with van der Waals surface area (Å²) in [6.45, 7) is 2.94. The molecule has 0 spiro atoms. The van der Waals surface area contributed by atoms with Gasteiger partial charge in [0.15, 0.2) is 0 Å². The van der Waals surface area contributed by atoms with Gasteiger partial charge in [-0.25, -0.2) is 0 Å². The van der Waals surface area contributed by atoms with E-state index in [1.54, 1.807) is 22.2 Å². The molecule has 5 nitrogen and oxygen atoms in total. The standard InChI is InChI=1S/C17H20N4OS/c1-17(22,15-5-7-23-11-15)12-19-9-14-10-21(2)20-16(14)13-4-3-6-18-8-13/h3-8,10-11,19,22H,9,12H2,1-2H3. The zero-order chi connectivity index (χ0) is 16.3. The van der Waals surface area contributed by atoms with Gasteiger partial charge in [0.25, 0.3) is 0 Å². The van der Waals surface area contributed by atoms with E-state index in [9.17, 15) is 5.11 Å². The van der Waals surface area contributed by atoms with E-state index in [1.807, 2.05) is 55.3 Å². The molecule has 3 aromatic heterocycles. The van der Waals surface area contributed by atoms with Crippen LogP contribution in [-0.2, 0) is 19.2 Å². The minimum Gasteiger partial charge on any atom is -0.384 e. The highest BCUT2D eigenvalue weighted by Crippen LogP contribution is 2.23. The smallest absolute Gasteiger partial charge is 0.1000 e. The minimum atomic E-state index is -0.878. The topological polar surface area (TPSA) is 63.0 Å². The Hall–Kier alpha value is -2.02. The maximum atomic E-state index is 10.6. The van der Waals surface area contributed by atoms with E-state index in [2.05, 4.69) is 15.4 Å². The number of nitrogens with one attached hydrogen (secondary N) is 1. The summed E-state index contributed by atoms with van der Waals surface area (Å²) >= 11 is 1.59. The minimum absolute atomic E-state index is 0.477. The molecule has 0 saturated carbocycles. The van der Waals surface area contributed by atoms with Gasteiger partial charge in [0.1, 0.15) is 0 Å². The summed E-state index contributed by atoms with van der Waals surface area (Å²) in [6, 6.07) is 5.86. The van der Waals surface area contributed by atoms with Crippen molar-refractivity contribution in [2.75, 3.05) is 6.54 Å². The van der Waals surface area contributed by atoms with Gasteiger partial charge in [-0.15, -0.1) is 0 Å². The lowest BCUT2D eigenvalue weighted by Gasteiger charge is -2.22. The molecule has 0 amide bonds. The van der Waals surface area contributed by atoms with Gasteiger partial charge in [-0.2, -0.15) is 16.4 Å². The fourth-order valence-corrected chi connectivity index (χ4v) is 3.31. The van der Waals surface area contributed by atoms with Crippen molar-refractivity contribution in [2.45, 2.75) is 19.1 Å². The fourth-order valence-electron chi connectivity index (χ4n) is 2.53. The summed E-state index contributed by atoms with van der Waals surface area (Å²) in [5.74, 6) is 0. The number of pyridine rings is 1. The SMILES string of the molecule is Cn1cc(CNCC(C)(O)c2ccsc2)c(-c2cccnc2)n1. The van der Waals surface area contributed by atoms with E-state index in [4.69, 9.17) is 0 Å². The number of hydrogen-bond donors (Lipinski definition) is 2. The molecular formula is C17H20N4OS. The highest BCUT2D eigenvalue weighted by molar-refractivity contribution is 7.08. The number of aliphatic hydroxyl groups is 1.